The van der Waals surface area contributed by atoms with Crippen molar-refractivity contribution in [3.05, 3.63) is 52.0 Å². The lowest BCUT2D eigenvalue weighted by Gasteiger charge is -2.14. The van der Waals surface area contributed by atoms with Gasteiger partial charge in [0.1, 0.15) is 5.75 Å². The molecule has 0 aliphatic rings. The second-order valence-corrected chi connectivity index (χ2v) is 4.70. The lowest BCUT2D eigenvalue weighted by molar-refractivity contribution is 0.147. The van der Waals surface area contributed by atoms with E-state index in [1.165, 1.54) is 19.2 Å². The number of ether oxygens (including phenoxy) is 1. The van der Waals surface area contributed by atoms with Gasteiger partial charge in [0.25, 0.3) is 6.43 Å². The molecular weight excluding hydrogens is 293 g/mol. The highest BCUT2D eigenvalue weighted by Gasteiger charge is 2.19. The molecule has 0 unspecified atom stereocenters. The third kappa shape index (κ3) is 2.82. The zero-order valence-electron chi connectivity index (χ0n) is 9.96. The molecule has 1 nitrogen and oxygen atoms in total. The Labute approximate surface area is 119 Å². The summed E-state index contributed by atoms with van der Waals surface area (Å²) in [6, 6.07) is 9.41. The van der Waals surface area contributed by atoms with Crippen LogP contribution in [-0.4, -0.2) is 7.11 Å². The summed E-state index contributed by atoms with van der Waals surface area (Å²) in [5.74, 6) is 0.113. The van der Waals surface area contributed by atoms with Crippen molar-refractivity contribution in [2.75, 3.05) is 7.11 Å². The van der Waals surface area contributed by atoms with Crippen LogP contribution in [0.2, 0.25) is 10.0 Å². The Morgan fingerprint density at radius 1 is 1.05 bits per heavy atom. The Morgan fingerprint density at radius 3 is 2.42 bits per heavy atom. The predicted molar refractivity (Wildman–Crippen MR) is 73.4 cm³/mol. The van der Waals surface area contributed by atoms with Gasteiger partial charge in [-0.1, -0.05) is 35.3 Å². The number of rotatable bonds is 3. The molecule has 2 rings (SSSR count). The first-order chi connectivity index (χ1) is 9.04. The van der Waals surface area contributed by atoms with Gasteiger partial charge in [0.15, 0.2) is 0 Å². The number of hydrogen-bond donors (Lipinski definition) is 0. The molecule has 0 aliphatic carbocycles. The fraction of sp³-hybridized carbons (Fsp3) is 0.143. The van der Waals surface area contributed by atoms with E-state index in [0.29, 0.717) is 21.2 Å². The maximum absolute atomic E-state index is 13.0. The molecule has 0 aliphatic heterocycles. The third-order valence-electron chi connectivity index (χ3n) is 2.70. The van der Waals surface area contributed by atoms with Crippen molar-refractivity contribution in [3.63, 3.8) is 0 Å². The molecule has 5 heteroatoms. The van der Waals surface area contributed by atoms with Gasteiger partial charge in [-0.3, -0.25) is 0 Å². The van der Waals surface area contributed by atoms with Gasteiger partial charge >= 0.3 is 0 Å². The summed E-state index contributed by atoms with van der Waals surface area (Å²) in [4.78, 5) is 0. The Hall–Kier alpha value is -1.32. The minimum atomic E-state index is -2.62. The summed E-state index contributed by atoms with van der Waals surface area (Å²) in [6.45, 7) is 0. The summed E-state index contributed by atoms with van der Waals surface area (Å²) in [6.07, 6.45) is -2.62. The highest BCUT2D eigenvalue weighted by molar-refractivity contribution is 6.35. The summed E-state index contributed by atoms with van der Waals surface area (Å²) in [7, 11) is 1.35. The average Bonchev–Trinajstić information content (AvgIpc) is 2.40. The first kappa shape index (κ1) is 14.1. The monoisotopic (exact) mass is 302 g/mol. The zero-order valence-corrected chi connectivity index (χ0v) is 11.5. The van der Waals surface area contributed by atoms with E-state index in [-0.39, 0.29) is 11.3 Å². The van der Waals surface area contributed by atoms with Gasteiger partial charge in [-0.2, -0.15) is 0 Å². The number of benzene rings is 2. The lowest BCUT2D eigenvalue weighted by Crippen LogP contribution is -1.95. The van der Waals surface area contributed by atoms with E-state index in [4.69, 9.17) is 27.9 Å². The topological polar surface area (TPSA) is 9.23 Å². The predicted octanol–water partition coefficient (Wildman–Crippen LogP) is 5.61. The van der Waals surface area contributed by atoms with E-state index < -0.39 is 6.43 Å². The van der Waals surface area contributed by atoms with Crippen LogP contribution in [0.3, 0.4) is 0 Å². The fourth-order valence-electron chi connectivity index (χ4n) is 1.87. The first-order valence-electron chi connectivity index (χ1n) is 5.45. The molecule has 0 atom stereocenters. The van der Waals surface area contributed by atoms with Gasteiger partial charge < -0.3 is 4.74 Å². The van der Waals surface area contributed by atoms with Crippen LogP contribution in [0, 0.1) is 0 Å². The van der Waals surface area contributed by atoms with Crippen LogP contribution in [0.15, 0.2) is 36.4 Å². The normalized spacial score (nSPS) is 10.8. The van der Waals surface area contributed by atoms with Crippen molar-refractivity contribution in [2.45, 2.75) is 6.43 Å². The van der Waals surface area contributed by atoms with Crippen molar-refractivity contribution in [1.29, 1.82) is 0 Å². The Bertz CT molecular complexity index is 600. The van der Waals surface area contributed by atoms with Crippen molar-refractivity contribution in [1.82, 2.24) is 0 Å². The largest absolute Gasteiger partial charge is 0.496 e. The summed E-state index contributed by atoms with van der Waals surface area (Å²) in [5, 5.41) is 0.901. The van der Waals surface area contributed by atoms with Crippen molar-refractivity contribution < 1.29 is 13.5 Å². The molecule has 2 aromatic carbocycles. The molecule has 0 aromatic heterocycles. The first-order valence-corrected chi connectivity index (χ1v) is 6.20. The van der Waals surface area contributed by atoms with Gasteiger partial charge in [-0.05, 0) is 24.3 Å². The standard InChI is InChI=1S/C14H10Cl2F2O/c1-19-13-9(3-2-4-10(13)14(17)18)11-7-8(15)5-6-12(11)16/h2-7,14H,1H3. The number of halogens is 4. The number of hydrogen-bond acceptors (Lipinski definition) is 1. The van der Waals surface area contributed by atoms with Crippen LogP contribution in [0.4, 0.5) is 8.78 Å². The highest BCUT2D eigenvalue weighted by Crippen LogP contribution is 2.41. The average molecular weight is 303 g/mol. The highest BCUT2D eigenvalue weighted by atomic mass is 35.5. The maximum Gasteiger partial charge on any atom is 0.267 e. The maximum atomic E-state index is 13.0. The molecule has 100 valence electrons. The van der Waals surface area contributed by atoms with E-state index >= 15 is 0 Å². The Balaban J connectivity index is 2.68. The van der Waals surface area contributed by atoms with Crippen LogP contribution in [0.5, 0.6) is 5.75 Å². The van der Waals surface area contributed by atoms with Crippen LogP contribution in [0.1, 0.15) is 12.0 Å². The van der Waals surface area contributed by atoms with Crippen LogP contribution in [0.25, 0.3) is 11.1 Å². The number of para-hydroxylation sites is 1. The van der Waals surface area contributed by atoms with Crippen LogP contribution >= 0.6 is 23.2 Å². The molecule has 0 amide bonds. The van der Waals surface area contributed by atoms with Gasteiger partial charge in [0, 0.05) is 21.2 Å². The summed E-state index contributed by atoms with van der Waals surface area (Å²) >= 11 is 12.0. The molecule has 19 heavy (non-hydrogen) atoms. The zero-order chi connectivity index (χ0) is 14.0. The molecule has 0 spiro atoms. The van der Waals surface area contributed by atoms with Crippen molar-refractivity contribution >= 4 is 23.2 Å². The summed E-state index contributed by atoms with van der Waals surface area (Å²) in [5.41, 5.74) is 0.886. The Kier molecular flexibility index (Phi) is 4.27. The minimum Gasteiger partial charge on any atom is -0.496 e. The molecule has 0 saturated carbocycles. The smallest absolute Gasteiger partial charge is 0.267 e. The molecule has 0 radical (unpaired) electrons. The van der Waals surface area contributed by atoms with Gasteiger partial charge in [-0.15, -0.1) is 0 Å². The van der Waals surface area contributed by atoms with E-state index in [1.807, 2.05) is 0 Å². The van der Waals surface area contributed by atoms with E-state index in [1.54, 1.807) is 24.3 Å². The Morgan fingerprint density at radius 2 is 1.79 bits per heavy atom. The van der Waals surface area contributed by atoms with Crippen molar-refractivity contribution in [2.24, 2.45) is 0 Å². The van der Waals surface area contributed by atoms with Gasteiger partial charge in [-0.25, -0.2) is 8.78 Å². The third-order valence-corrected chi connectivity index (χ3v) is 3.27. The van der Waals surface area contributed by atoms with Crippen LogP contribution in [-0.2, 0) is 0 Å². The van der Waals surface area contributed by atoms with Crippen molar-refractivity contribution in [3.8, 4) is 16.9 Å². The number of alkyl halides is 2. The quantitative estimate of drug-likeness (QED) is 0.716. The molecule has 0 bridgehead atoms. The second-order valence-electron chi connectivity index (χ2n) is 3.85. The summed E-state index contributed by atoms with van der Waals surface area (Å²) < 4.78 is 31.0. The van der Waals surface area contributed by atoms with Crippen LogP contribution < -0.4 is 4.74 Å². The van der Waals surface area contributed by atoms with E-state index in [9.17, 15) is 8.78 Å². The second kappa shape index (κ2) is 5.76. The number of methoxy groups -OCH3 is 1. The molecular formula is C14H10Cl2F2O. The van der Waals surface area contributed by atoms with E-state index in [0.717, 1.165) is 0 Å². The molecule has 0 heterocycles. The SMILES string of the molecule is COc1c(-c2cc(Cl)ccc2Cl)cccc1C(F)F. The molecule has 0 saturated heterocycles. The molecule has 0 N–H and O–H groups in total. The lowest BCUT2D eigenvalue weighted by atomic mass is 10.0. The van der Waals surface area contributed by atoms with Gasteiger partial charge in [0.05, 0.1) is 12.7 Å². The minimum absolute atomic E-state index is 0.113. The molecule has 0 fully saturated rings. The molecule has 2 aromatic rings. The van der Waals surface area contributed by atoms with Gasteiger partial charge in [0.2, 0.25) is 0 Å². The fourth-order valence-corrected chi connectivity index (χ4v) is 2.26. The van der Waals surface area contributed by atoms with E-state index in [2.05, 4.69) is 0 Å².